The molecule has 9 nitrogen and oxygen atoms in total. The highest BCUT2D eigenvalue weighted by atomic mass is 32.2. The van der Waals surface area contributed by atoms with Gasteiger partial charge in [-0.3, -0.25) is 9.62 Å². The van der Waals surface area contributed by atoms with Crippen molar-refractivity contribution in [1.29, 1.82) is 0 Å². The Morgan fingerprint density at radius 3 is 2.37 bits per heavy atom. The lowest BCUT2D eigenvalue weighted by Gasteiger charge is -2.15. The molecule has 2 N–H and O–H groups in total. The summed E-state index contributed by atoms with van der Waals surface area (Å²) in [6.45, 7) is 4.00. The predicted molar refractivity (Wildman–Crippen MR) is 138 cm³/mol. The van der Waals surface area contributed by atoms with Crippen molar-refractivity contribution in [3.05, 3.63) is 66.7 Å². The Balaban J connectivity index is 1.26. The van der Waals surface area contributed by atoms with Gasteiger partial charge in [0.25, 0.3) is 0 Å². The van der Waals surface area contributed by atoms with Crippen LogP contribution in [0.4, 0.5) is 17.3 Å². The van der Waals surface area contributed by atoms with E-state index in [-0.39, 0.29) is 0 Å². The topological polar surface area (TPSA) is 101 Å². The van der Waals surface area contributed by atoms with Gasteiger partial charge in [0.2, 0.25) is 16.0 Å². The number of hydrogen-bond donors (Lipinski definition) is 2. The fraction of sp³-hybridized carbons (Fsp3) is 0.280. The molecule has 4 aromatic rings. The van der Waals surface area contributed by atoms with E-state index in [1.165, 1.54) is 25.9 Å². The lowest BCUT2D eigenvalue weighted by Crippen LogP contribution is -2.25. The molecule has 0 bridgehead atoms. The van der Waals surface area contributed by atoms with Crippen LogP contribution in [0.15, 0.2) is 66.7 Å². The third-order valence-corrected chi connectivity index (χ3v) is 6.44. The minimum Gasteiger partial charge on any atom is -0.492 e. The number of nitrogens with zero attached hydrogens (tertiary/aromatic N) is 4. The largest absolute Gasteiger partial charge is 0.492 e. The molecule has 182 valence electrons. The van der Waals surface area contributed by atoms with Crippen LogP contribution in [-0.2, 0) is 10.0 Å². The number of nitrogens with one attached hydrogen (secondary N) is 2. The molecular weight excluding hydrogens is 464 g/mol. The van der Waals surface area contributed by atoms with Crippen LogP contribution in [0.25, 0.3) is 16.9 Å². The Morgan fingerprint density at radius 1 is 0.943 bits per heavy atom. The summed E-state index contributed by atoms with van der Waals surface area (Å²) in [5.41, 5.74) is 3.81. The van der Waals surface area contributed by atoms with E-state index in [0.717, 1.165) is 35.5 Å². The molecule has 0 saturated carbocycles. The van der Waals surface area contributed by atoms with E-state index in [2.05, 4.69) is 25.0 Å². The zero-order valence-corrected chi connectivity index (χ0v) is 20.3. The second kappa shape index (κ2) is 9.93. The fourth-order valence-electron chi connectivity index (χ4n) is 4.16. The number of aromatic nitrogens is 3. The first-order valence-corrected chi connectivity index (χ1v) is 13.5. The second-order valence-electron chi connectivity index (χ2n) is 8.61. The van der Waals surface area contributed by atoms with Crippen molar-refractivity contribution in [3.63, 3.8) is 0 Å². The maximum atomic E-state index is 11.4. The summed E-state index contributed by atoms with van der Waals surface area (Å²) in [6, 6.07) is 20.7. The van der Waals surface area contributed by atoms with Crippen LogP contribution in [0.2, 0.25) is 0 Å². The summed E-state index contributed by atoms with van der Waals surface area (Å²) in [5.74, 6) is 1.32. The van der Waals surface area contributed by atoms with Crippen molar-refractivity contribution in [3.8, 4) is 17.0 Å². The molecule has 35 heavy (non-hydrogen) atoms. The molecule has 0 radical (unpaired) electrons. The summed E-state index contributed by atoms with van der Waals surface area (Å²) in [4.78, 5) is 7.02. The van der Waals surface area contributed by atoms with E-state index in [1.807, 2.05) is 54.6 Å². The minimum absolute atomic E-state index is 0.482. The molecule has 1 aliphatic heterocycles. The number of rotatable bonds is 9. The van der Waals surface area contributed by atoms with Crippen molar-refractivity contribution >= 4 is 33.0 Å². The monoisotopic (exact) mass is 492 g/mol. The molecule has 0 atom stereocenters. The number of anilines is 3. The van der Waals surface area contributed by atoms with Gasteiger partial charge in [-0.15, -0.1) is 5.10 Å². The molecule has 10 heteroatoms. The van der Waals surface area contributed by atoms with E-state index in [4.69, 9.17) is 4.74 Å². The highest BCUT2D eigenvalue weighted by Gasteiger charge is 2.12. The molecular formula is C25H28N6O3S. The zero-order chi connectivity index (χ0) is 24.3. The first-order valence-electron chi connectivity index (χ1n) is 11.6. The zero-order valence-electron chi connectivity index (χ0n) is 19.5. The van der Waals surface area contributed by atoms with E-state index in [9.17, 15) is 8.42 Å². The Labute approximate surface area is 204 Å². The molecule has 0 unspecified atom stereocenters. The first kappa shape index (κ1) is 23.1. The van der Waals surface area contributed by atoms with Gasteiger partial charge in [0.05, 0.1) is 11.9 Å². The number of pyridine rings is 1. The molecule has 0 amide bonds. The number of sulfonamides is 1. The van der Waals surface area contributed by atoms with Crippen molar-refractivity contribution in [2.24, 2.45) is 0 Å². The maximum absolute atomic E-state index is 11.4. The van der Waals surface area contributed by atoms with Crippen LogP contribution in [-0.4, -0.2) is 60.4 Å². The molecule has 3 heterocycles. The van der Waals surface area contributed by atoms with E-state index in [1.54, 1.807) is 16.6 Å². The molecule has 0 spiro atoms. The highest BCUT2D eigenvalue weighted by molar-refractivity contribution is 7.92. The Morgan fingerprint density at radius 2 is 1.66 bits per heavy atom. The molecule has 0 aliphatic carbocycles. The predicted octanol–water partition coefficient (Wildman–Crippen LogP) is 3.99. The lowest BCUT2D eigenvalue weighted by atomic mass is 10.1. The van der Waals surface area contributed by atoms with Gasteiger partial charge in [-0.2, -0.15) is 4.98 Å². The number of hydrogen-bond acceptors (Lipinski definition) is 7. The smallest absolute Gasteiger partial charge is 0.247 e. The highest BCUT2D eigenvalue weighted by Crippen LogP contribution is 2.24. The van der Waals surface area contributed by atoms with Crippen molar-refractivity contribution in [2.45, 2.75) is 12.8 Å². The van der Waals surface area contributed by atoms with Crippen LogP contribution in [0.5, 0.6) is 5.75 Å². The van der Waals surface area contributed by atoms with Gasteiger partial charge in [0.15, 0.2) is 5.65 Å². The summed E-state index contributed by atoms with van der Waals surface area (Å²) in [5, 5.41) is 7.88. The Bertz CT molecular complexity index is 1400. The quantitative estimate of drug-likeness (QED) is 0.364. The molecule has 1 aliphatic rings. The number of ether oxygens (including phenoxy) is 1. The summed E-state index contributed by atoms with van der Waals surface area (Å²) in [7, 11) is -3.32. The van der Waals surface area contributed by atoms with Gasteiger partial charge in [-0.25, -0.2) is 12.9 Å². The van der Waals surface area contributed by atoms with Crippen molar-refractivity contribution < 1.29 is 13.2 Å². The normalized spacial score (nSPS) is 14.3. The third kappa shape index (κ3) is 5.90. The van der Waals surface area contributed by atoms with Crippen LogP contribution < -0.4 is 14.8 Å². The summed E-state index contributed by atoms with van der Waals surface area (Å²) in [6.07, 6.45) is 3.70. The van der Waals surface area contributed by atoms with E-state index >= 15 is 0 Å². The SMILES string of the molecule is CS(=O)(=O)Nc1ccc(-c2cccc3nc(Nc4ccc(OCCN5CCCC5)cc4)nn23)cc1. The molecule has 1 saturated heterocycles. The maximum Gasteiger partial charge on any atom is 0.247 e. The van der Waals surface area contributed by atoms with Gasteiger partial charge in [-0.1, -0.05) is 18.2 Å². The van der Waals surface area contributed by atoms with Crippen molar-refractivity contribution in [1.82, 2.24) is 19.5 Å². The van der Waals surface area contributed by atoms with E-state index in [0.29, 0.717) is 23.9 Å². The second-order valence-corrected chi connectivity index (χ2v) is 10.4. The van der Waals surface area contributed by atoms with Crippen LogP contribution in [0.1, 0.15) is 12.8 Å². The molecule has 2 aromatic heterocycles. The molecule has 2 aromatic carbocycles. The summed E-state index contributed by atoms with van der Waals surface area (Å²) >= 11 is 0. The van der Waals surface area contributed by atoms with Crippen LogP contribution in [0.3, 0.4) is 0 Å². The average Bonchev–Trinajstić information content (AvgIpc) is 3.49. The molecule has 5 rings (SSSR count). The number of benzene rings is 2. The number of likely N-dealkylation sites (tertiary alicyclic amines) is 1. The number of fused-ring (bicyclic) bond motifs is 1. The Kier molecular flexibility index (Phi) is 6.56. The van der Waals surface area contributed by atoms with Crippen molar-refractivity contribution in [2.75, 3.05) is 42.5 Å². The minimum atomic E-state index is -3.32. The average molecular weight is 493 g/mol. The van der Waals surface area contributed by atoms with Gasteiger partial charge in [0.1, 0.15) is 12.4 Å². The summed E-state index contributed by atoms with van der Waals surface area (Å²) < 4.78 is 33.0. The Hall–Kier alpha value is -3.63. The lowest BCUT2D eigenvalue weighted by molar-refractivity contribution is 0.238. The standard InChI is InChI=1S/C25H28N6O3S/c1-35(32,33)29-21-9-7-19(8-10-21)23-5-4-6-24-27-25(28-31(23)24)26-20-11-13-22(14-12-20)34-18-17-30-15-2-3-16-30/h4-14,29H,2-3,15-18H2,1H3,(H,26,28). The third-order valence-electron chi connectivity index (χ3n) is 5.83. The first-order chi connectivity index (χ1) is 16.9. The van der Waals surface area contributed by atoms with E-state index < -0.39 is 10.0 Å². The van der Waals surface area contributed by atoms with Gasteiger partial charge in [0, 0.05) is 23.5 Å². The van der Waals surface area contributed by atoms with Crippen LogP contribution >= 0.6 is 0 Å². The van der Waals surface area contributed by atoms with Gasteiger partial charge >= 0.3 is 0 Å². The fourth-order valence-corrected chi connectivity index (χ4v) is 4.73. The molecule has 1 fully saturated rings. The van der Waals surface area contributed by atoms with Crippen LogP contribution in [0, 0.1) is 0 Å². The van der Waals surface area contributed by atoms with Gasteiger partial charge in [-0.05, 0) is 74.5 Å². The van der Waals surface area contributed by atoms with Gasteiger partial charge < -0.3 is 10.1 Å².